The Morgan fingerprint density at radius 1 is 1.00 bits per heavy atom. The third-order valence-corrected chi connectivity index (χ3v) is 9.12. The third-order valence-electron chi connectivity index (χ3n) is 8.01. The van der Waals surface area contributed by atoms with E-state index in [1.807, 2.05) is 6.21 Å². The number of anilines is 1. The van der Waals surface area contributed by atoms with Crippen LogP contribution in [0.5, 0.6) is 0 Å². The molecule has 4 aliphatic rings. The molecule has 2 aromatic heterocycles. The maximum Gasteiger partial charge on any atom is 0.163 e. The molecule has 3 saturated heterocycles. The molecule has 7 nitrogen and oxygen atoms in total. The summed E-state index contributed by atoms with van der Waals surface area (Å²) in [7, 11) is 0. The van der Waals surface area contributed by atoms with Crippen molar-refractivity contribution >= 4 is 33.6 Å². The summed E-state index contributed by atoms with van der Waals surface area (Å²) in [6, 6.07) is 6.12. The molecule has 0 aliphatic carbocycles. The molecule has 0 amide bonds. The average molecular weight is 507 g/mol. The van der Waals surface area contributed by atoms with Crippen LogP contribution in [0, 0.1) is 5.82 Å². The lowest BCUT2D eigenvalue weighted by Crippen LogP contribution is -2.50. The molecule has 9 heteroatoms. The Morgan fingerprint density at radius 3 is 2.61 bits per heavy atom. The summed E-state index contributed by atoms with van der Waals surface area (Å²) >= 11 is 1.81. The Balaban J connectivity index is 1.22. The molecular weight excluding hydrogens is 475 g/mol. The van der Waals surface area contributed by atoms with Crippen LogP contribution in [0.1, 0.15) is 35.3 Å². The van der Waals surface area contributed by atoms with Gasteiger partial charge < -0.3 is 14.5 Å². The Morgan fingerprint density at radius 2 is 1.83 bits per heavy atom. The van der Waals surface area contributed by atoms with Crippen LogP contribution in [0.2, 0.25) is 0 Å². The molecule has 4 aliphatic heterocycles. The van der Waals surface area contributed by atoms with Gasteiger partial charge in [-0.3, -0.25) is 9.89 Å². The molecule has 3 fully saturated rings. The highest BCUT2D eigenvalue weighted by Gasteiger charge is 2.28. The number of ether oxygens (including phenoxy) is 1. The quantitative estimate of drug-likeness (QED) is 0.523. The Bertz CT molecular complexity index is 1310. The topological polar surface area (TPSA) is 57.1 Å². The van der Waals surface area contributed by atoms with E-state index in [9.17, 15) is 4.39 Å². The van der Waals surface area contributed by atoms with Gasteiger partial charge in [-0.15, -0.1) is 11.3 Å². The molecule has 0 atom stereocenters. The number of likely N-dealkylation sites (tertiary alicyclic amines) is 2. The number of benzene rings is 1. The summed E-state index contributed by atoms with van der Waals surface area (Å²) in [5.41, 5.74) is 3.51. The fraction of sp³-hybridized carbons (Fsp3) is 0.519. The van der Waals surface area contributed by atoms with Crippen LogP contribution in [-0.4, -0.2) is 84.5 Å². The van der Waals surface area contributed by atoms with Crippen molar-refractivity contribution in [2.45, 2.75) is 38.4 Å². The van der Waals surface area contributed by atoms with E-state index in [1.165, 1.54) is 37.2 Å². The minimum absolute atomic E-state index is 0.265. The monoisotopic (exact) mass is 506 g/mol. The van der Waals surface area contributed by atoms with Crippen molar-refractivity contribution < 1.29 is 9.13 Å². The van der Waals surface area contributed by atoms with Gasteiger partial charge >= 0.3 is 0 Å². The molecule has 0 spiro atoms. The normalized spacial score (nSPS) is 21.3. The van der Waals surface area contributed by atoms with Crippen LogP contribution in [0.25, 0.3) is 21.6 Å². The molecule has 0 radical (unpaired) electrons. The maximum atomic E-state index is 14.5. The molecule has 0 saturated carbocycles. The predicted molar refractivity (Wildman–Crippen MR) is 142 cm³/mol. The van der Waals surface area contributed by atoms with Crippen LogP contribution in [0.3, 0.4) is 0 Å². The summed E-state index contributed by atoms with van der Waals surface area (Å²) in [4.78, 5) is 23.2. The molecule has 0 N–H and O–H groups in total. The summed E-state index contributed by atoms with van der Waals surface area (Å²) in [5, 5.41) is 0. The van der Waals surface area contributed by atoms with Crippen LogP contribution < -0.4 is 4.90 Å². The summed E-state index contributed by atoms with van der Waals surface area (Å²) in [6.07, 6.45) is 5.72. The van der Waals surface area contributed by atoms with E-state index in [4.69, 9.17) is 14.7 Å². The first-order valence-corrected chi connectivity index (χ1v) is 13.9. The number of piperidine rings is 1. The number of nitrogens with zero attached hydrogens (tertiary/aromatic N) is 6. The van der Waals surface area contributed by atoms with Gasteiger partial charge in [-0.25, -0.2) is 14.4 Å². The first-order chi connectivity index (χ1) is 17.7. The summed E-state index contributed by atoms with van der Waals surface area (Å²) in [5.74, 6) is 1.25. The van der Waals surface area contributed by atoms with E-state index in [0.717, 1.165) is 71.5 Å². The van der Waals surface area contributed by atoms with Gasteiger partial charge in [-0.2, -0.15) is 0 Å². The molecule has 7 rings (SSSR count). The second-order valence-electron chi connectivity index (χ2n) is 10.3. The van der Waals surface area contributed by atoms with Gasteiger partial charge in [0.15, 0.2) is 11.6 Å². The van der Waals surface area contributed by atoms with Crippen molar-refractivity contribution in [3.05, 3.63) is 40.0 Å². The number of hydrogen-bond donors (Lipinski definition) is 0. The van der Waals surface area contributed by atoms with Crippen molar-refractivity contribution in [2.75, 3.05) is 57.4 Å². The smallest absolute Gasteiger partial charge is 0.163 e. The van der Waals surface area contributed by atoms with E-state index in [-0.39, 0.29) is 5.82 Å². The Kier molecular flexibility index (Phi) is 5.96. The minimum atomic E-state index is -0.265. The zero-order valence-corrected chi connectivity index (χ0v) is 21.3. The molecule has 6 heterocycles. The van der Waals surface area contributed by atoms with Gasteiger partial charge in [-0.05, 0) is 56.1 Å². The van der Waals surface area contributed by atoms with Crippen LogP contribution in [0.15, 0.2) is 23.2 Å². The van der Waals surface area contributed by atoms with Gasteiger partial charge in [0.25, 0.3) is 0 Å². The highest BCUT2D eigenvalue weighted by Crippen LogP contribution is 2.37. The summed E-state index contributed by atoms with van der Waals surface area (Å²) < 4.78 is 21.2. The Hall–Kier alpha value is -2.46. The number of fused-ring (bicyclic) bond motifs is 2. The SMILES string of the molecule is Fc1cc2c(c(-c3nc(N4CCOCC4)c4sc(CN5CCC(N6CCC6)CC5)cc4n3)c1)C=NC2. The zero-order valence-electron chi connectivity index (χ0n) is 20.5. The van der Waals surface area contributed by atoms with Gasteiger partial charge in [-0.1, -0.05) is 0 Å². The largest absolute Gasteiger partial charge is 0.378 e. The highest BCUT2D eigenvalue weighted by molar-refractivity contribution is 7.19. The van der Waals surface area contributed by atoms with E-state index in [1.54, 1.807) is 23.5 Å². The van der Waals surface area contributed by atoms with Crippen LogP contribution in [0.4, 0.5) is 10.2 Å². The highest BCUT2D eigenvalue weighted by atomic mass is 32.1. The third kappa shape index (κ3) is 4.22. The molecule has 0 unspecified atom stereocenters. The molecule has 188 valence electrons. The molecule has 3 aromatic rings. The summed E-state index contributed by atoms with van der Waals surface area (Å²) in [6.45, 7) is 9.30. The van der Waals surface area contributed by atoms with Crippen molar-refractivity contribution in [3.63, 3.8) is 0 Å². The lowest BCUT2D eigenvalue weighted by atomic mass is 10.00. The van der Waals surface area contributed by atoms with Gasteiger partial charge in [0.2, 0.25) is 0 Å². The molecule has 1 aromatic carbocycles. The second-order valence-corrected chi connectivity index (χ2v) is 11.4. The minimum Gasteiger partial charge on any atom is -0.378 e. The second kappa shape index (κ2) is 9.45. The number of hydrogen-bond acceptors (Lipinski definition) is 8. The van der Waals surface area contributed by atoms with Crippen molar-refractivity contribution in [1.82, 2.24) is 19.8 Å². The van der Waals surface area contributed by atoms with E-state index >= 15 is 0 Å². The number of aliphatic imine (C=N–C) groups is 1. The van der Waals surface area contributed by atoms with Crippen molar-refractivity contribution in [2.24, 2.45) is 4.99 Å². The van der Waals surface area contributed by atoms with Gasteiger partial charge in [0.05, 0.1) is 30.0 Å². The molecular formula is C27H31FN6OS. The van der Waals surface area contributed by atoms with Crippen molar-refractivity contribution in [3.8, 4) is 11.4 Å². The van der Waals surface area contributed by atoms with Gasteiger partial charge in [0.1, 0.15) is 5.82 Å². The number of halogens is 1. The molecule has 36 heavy (non-hydrogen) atoms. The van der Waals surface area contributed by atoms with Crippen LogP contribution >= 0.6 is 11.3 Å². The Labute approximate surface area is 214 Å². The van der Waals surface area contributed by atoms with E-state index in [0.29, 0.717) is 25.6 Å². The zero-order chi connectivity index (χ0) is 24.1. The first kappa shape index (κ1) is 22.7. The first-order valence-electron chi connectivity index (χ1n) is 13.1. The lowest BCUT2D eigenvalue weighted by Gasteiger charge is -2.42. The predicted octanol–water partition coefficient (Wildman–Crippen LogP) is 3.94. The fourth-order valence-electron chi connectivity index (χ4n) is 5.90. The van der Waals surface area contributed by atoms with E-state index in [2.05, 4.69) is 25.8 Å². The number of rotatable bonds is 5. The average Bonchev–Trinajstić information content (AvgIpc) is 3.50. The number of morpholine rings is 1. The molecule has 0 bridgehead atoms. The van der Waals surface area contributed by atoms with Crippen LogP contribution in [-0.2, 0) is 17.8 Å². The standard InChI is InChI=1S/C27H31FN6OS/c28-19-12-18-15-29-16-23(18)22(13-19)26-30-24-14-21(17-32-6-2-20(3-7-32)33-4-1-5-33)36-25(24)27(31-26)34-8-10-35-11-9-34/h12-14,16,20H,1-11,15,17H2. The van der Waals surface area contributed by atoms with Gasteiger partial charge in [0, 0.05) is 61.0 Å². The maximum absolute atomic E-state index is 14.5. The number of thiophene rings is 1. The van der Waals surface area contributed by atoms with Crippen molar-refractivity contribution in [1.29, 1.82) is 0 Å². The number of aromatic nitrogens is 2. The lowest BCUT2D eigenvalue weighted by molar-refractivity contribution is 0.0615. The fourth-order valence-corrected chi connectivity index (χ4v) is 7.05. The van der Waals surface area contributed by atoms with E-state index < -0.39 is 0 Å².